The lowest BCUT2D eigenvalue weighted by Gasteiger charge is -2.25. The van der Waals surface area contributed by atoms with Crippen LogP contribution >= 0.6 is 0 Å². The molecule has 4 rings (SSSR count). The van der Waals surface area contributed by atoms with Crippen molar-refractivity contribution < 1.29 is 14.3 Å². The molecule has 0 aliphatic carbocycles. The first-order valence-electron chi connectivity index (χ1n) is 12.3. The summed E-state index contributed by atoms with van der Waals surface area (Å²) in [4.78, 5) is 13.2. The van der Waals surface area contributed by atoms with Gasteiger partial charge in [-0.05, 0) is 45.2 Å². The number of carbonyl (C=O) groups is 1. The maximum atomic E-state index is 13.2. The van der Waals surface area contributed by atoms with E-state index in [0.717, 1.165) is 33.4 Å². The van der Waals surface area contributed by atoms with Gasteiger partial charge in [0.25, 0.3) is 0 Å². The van der Waals surface area contributed by atoms with Gasteiger partial charge >= 0.3 is 6.16 Å². The van der Waals surface area contributed by atoms with E-state index in [-0.39, 0.29) is 10.8 Å². The van der Waals surface area contributed by atoms with E-state index in [1.807, 2.05) is 84.9 Å². The van der Waals surface area contributed by atoms with Gasteiger partial charge < -0.3 is 9.47 Å². The molecule has 0 heterocycles. The zero-order chi connectivity index (χ0) is 25.9. The molecule has 4 aromatic carbocycles. The standard InChI is InChI=1S/C33H34O3/c1-32(2,3)25-19-13-21-27(29(25)23-15-9-7-10-16-23)35-31(34)36-28-22-14-20-26(33(4,5)6)30(28)24-17-11-8-12-18-24/h7-22H,1-6H3. The summed E-state index contributed by atoms with van der Waals surface area (Å²) in [6, 6.07) is 31.7. The Bertz CT molecular complexity index is 1240. The van der Waals surface area contributed by atoms with Gasteiger partial charge in [-0.2, -0.15) is 0 Å². The average Bonchev–Trinajstić information content (AvgIpc) is 2.84. The molecule has 0 atom stereocenters. The fraction of sp³-hybridized carbons (Fsp3) is 0.242. The van der Waals surface area contributed by atoms with E-state index in [9.17, 15) is 4.79 Å². The minimum absolute atomic E-state index is 0.143. The van der Waals surface area contributed by atoms with E-state index in [2.05, 4.69) is 53.7 Å². The van der Waals surface area contributed by atoms with Gasteiger partial charge in [-0.25, -0.2) is 4.79 Å². The lowest BCUT2D eigenvalue weighted by Crippen LogP contribution is -2.19. The summed E-state index contributed by atoms with van der Waals surface area (Å²) in [5.74, 6) is 0.957. The topological polar surface area (TPSA) is 35.5 Å². The van der Waals surface area contributed by atoms with Crippen LogP contribution in [0.1, 0.15) is 52.7 Å². The molecular weight excluding hydrogens is 444 g/mol. The minimum Gasteiger partial charge on any atom is -0.394 e. The Morgan fingerprint density at radius 2 is 0.861 bits per heavy atom. The lowest BCUT2D eigenvalue weighted by molar-refractivity contribution is 0.152. The van der Waals surface area contributed by atoms with Crippen LogP contribution in [-0.4, -0.2) is 6.16 Å². The summed E-state index contributed by atoms with van der Waals surface area (Å²) in [6.45, 7) is 12.9. The molecule has 3 nitrogen and oxygen atoms in total. The number of hydrogen-bond acceptors (Lipinski definition) is 3. The highest BCUT2D eigenvalue weighted by Crippen LogP contribution is 2.41. The summed E-state index contributed by atoms with van der Waals surface area (Å²) in [7, 11) is 0. The quantitative estimate of drug-likeness (QED) is 0.217. The molecule has 0 N–H and O–H groups in total. The van der Waals surface area contributed by atoms with Crippen molar-refractivity contribution in [1.29, 1.82) is 0 Å². The highest BCUT2D eigenvalue weighted by Gasteiger charge is 2.26. The van der Waals surface area contributed by atoms with Crippen LogP contribution in [0, 0.1) is 0 Å². The fourth-order valence-electron chi connectivity index (χ4n) is 4.49. The van der Waals surface area contributed by atoms with Crippen LogP contribution in [0.25, 0.3) is 22.3 Å². The van der Waals surface area contributed by atoms with Crippen molar-refractivity contribution in [1.82, 2.24) is 0 Å². The molecule has 3 heteroatoms. The van der Waals surface area contributed by atoms with Gasteiger partial charge in [0.1, 0.15) is 11.5 Å². The SMILES string of the molecule is CC(C)(C)c1cccc(OC(=O)Oc2cccc(C(C)(C)C)c2-c2ccccc2)c1-c1ccccc1. The van der Waals surface area contributed by atoms with E-state index in [1.165, 1.54) is 0 Å². The van der Waals surface area contributed by atoms with E-state index in [1.54, 1.807) is 0 Å². The van der Waals surface area contributed by atoms with E-state index in [4.69, 9.17) is 9.47 Å². The van der Waals surface area contributed by atoms with Crippen molar-refractivity contribution in [2.24, 2.45) is 0 Å². The zero-order valence-electron chi connectivity index (χ0n) is 22.0. The van der Waals surface area contributed by atoms with Crippen molar-refractivity contribution in [2.75, 3.05) is 0 Å². The highest BCUT2D eigenvalue weighted by atomic mass is 16.7. The number of benzene rings is 4. The second-order valence-electron chi connectivity index (χ2n) is 11.0. The number of carbonyl (C=O) groups excluding carboxylic acids is 1. The van der Waals surface area contributed by atoms with Crippen LogP contribution in [0.15, 0.2) is 97.1 Å². The van der Waals surface area contributed by atoms with Gasteiger partial charge in [0.05, 0.1) is 0 Å². The van der Waals surface area contributed by atoms with Crippen molar-refractivity contribution >= 4 is 6.16 Å². The van der Waals surface area contributed by atoms with Crippen LogP contribution < -0.4 is 9.47 Å². The molecule has 0 fully saturated rings. The van der Waals surface area contributed by atoms with Crippen molar-refractivity contribution in [3.8, 4) is 33.8 Å². The smallest absolute Gasteiger partial charge is 0.394 e. The first-order valence-corrected chi connectivity index (χ1v) is 12.3. The van der Waals surface area contributed by atoms with Crippen LogP contribution in [0.3, 0.4) is 0 Å². The van der Waals surface area contributed by atoms with Crippen molar-refractivity contribution in [3.63, 3.8) is 0 Å². The maximum Gasteiger partial charge on any atom is 0.519 e. The van der Waals surface area contributed by atoms with Gasteiger partial charge in [-0.1, -0.05) is 126 Å². The summed E-state index contributed by atoms with van der Waals surface area (Å²) in [6.07, 6.45) is -0.763. The Balaban J connectivity index is 1.74. The predicted molar refractivity (Wildman–Crippen MR) is 148 cm³/mol. The molecule has 0 spiro atoms. The Labute approximate surface area is 214 Å². The van der Waals surface area contributed by atoms with Crippen LogP contribution in [0.2, 0.25) is 0 Å². The third kappa shape index (κ3) is 5.52. The summed E-state index contributed by atoms with van der Waals surface area (Å²) >= 11 is 0. The molecule has 0 saturated carbocycles. The molecule has 0 aliphatic heterocycles. The summed E-state index contributed by atoms with van der Waals surface area (Å²) < 4.78 is 11.8. The Morgan fingerprint density at radius 1 is 0.500 bits per heavy atom. The molecule has 0 aromatic heterocycles. The third-order valence-corrected chi connectivity index (χ3v) is 6.18. The molecule has 0 radical (unpaired) electrons. The molecule has 0 unspecified atom stereocenters. The minimum atomic E-state index is -0.763. The highest BCUT2D eigenvalue weighted by molar-refractivity contribution is 5.81. The average molecular weight is 479 g/mol. The van der Waals surface area contributed by atoms with Gasteiger partial charge in [-0.3, -0.25) is 0 Å². The molecular formula is C33H34O3. The molecule has 36 heavy (non-hydrogen) atoms. The predicted octanol–water partition coefficient (Wildman–Crippen LogP) is 9.19. The molecule has 4 aromatic rings. The van der Waals surface area contributed by atoms with Crippen LogP contribution in [0.5, 0.6) is 11.5 Å². The summed E-state index contributed by atoms with van der Waals surface area (Å²) in [5, 5.41) is 0. The van der Waals surface area contributed by atoms with Gasteiger partial charge in [-0.15, -0.1) is 0 Å². The fourth-order valence-corrected chi connectivity index (χ4v) is 4.49. The Hall–Kier alpha value is -3.85. The van der Waals surface area contributed by atoms with Crippen LogP contribution in [0.4, 0.5) is 4.79 Å². The second kappa shape index (κ2) is 10.0. The van der Waals surface area contributed by atoms with Gasteiger partial charge in [0.2, 0.25) is 0 Å². The van der Waals surface area contributed by atoms with Crippen molar-refractivity contribution in [3.05, 3.63) is 108 Å². The molecule has 0 bridgehead atoms. The van der Waals surface area contributed by atoms with E-state index < -0.39 is 6.16 Å². The molecule has 184 valence electrons. The summed E-state index contributed by atoms with van der Waals surface area (Å²) in [5.41, 5.74) is 5.68. The maximum absolute atomic E-state index is 13.2. The first kappa shape index (κ1) is 25.2. The van der Waals surface area contributed by atoms with Crippen molar-refractivity contribution in [2.45, 2.75) is 52.4 Å². The Kier molecular flexibility index (Phi) is 7.03. The van der Waals surface area contributed by atoms with E-state index in [0.29, 0.717) is 11.5 Å². The first-order chi connectivity index (χ1) is 17.1. The molecule has 0 aliphatic rings. The zero-order valence-corrected chi connectivity index (χ0v) is 22.0. The largest absolute Gasteiger partial charge is 0.519 e. The number of ether oxygens (including phenoxy) is 2. The monoisotopic (exact) mass is 478 g/mol. The number of rotatable bonds is 4. The van der Waals surface area contributed by atoms with Gasteiger partial charge in [0.15, 0.2) is 0 Å². The van der Waals surface area contributed by atoms with Gasteiger partial charge in [0, 0.05) is 11.1 Å². The van der Waals surface area contributed by atoms with E-state index >= 15 is 0 Å². The third-order valence-electron chi connectivity index (χ3n) is 6.18. The number of hydrogen-bond donors (Lipinski definition) is 0. The molecule has 0 amide bonds. The second-order valence-corrected chi connectivity index (χ2v) is 11.0. The normalized spacial score (nSPS) is 11.7. The lowest BCUT2D eigenvalue weighted by atomic mass is 9.81. The molecule has 0 saturated heterocycles. The van der Waals surface area contributed by atoms with Crippen LogP contribution in [-0.2, 0) is 10.8 Å². The Morgan fingerprint density at radius 3 is 1.19 bits per heavy atom.